The van der Waals surface area contributed by atoms with E-state index in [0.29, 0.717) is 42.1 Å². The fourth-order valence-electron chi connectivity index (χ4n) is 4.93. The Balaban J connectivity index is 1.54. The van der Waals surface area contributed by atoms with E-state index in [1.54, 1.807) is 31.5 Å². The number of carbonyl (C=O) groups excluding carboxylic acids is 2. The minimum Gasteiger partial charge on any atom is -0.497 e. The first-order valence-electron chi connectivity index (χ1n) is 13.6. The molecule has 1 amide bonds. The number of aryl methyl sites for hydroxylation is 1. The van der Waals surface area contributed by atoms with Crippen molar-refractivity contribution in [2.75, 3.05) is 7.11 Å². The van der Waals surface area contributed by atoms with Crippen molar-refractivity contribution in [2.45, 2.75) is 64.8 Å². The molecular weight excluding hydrogens is 510 g/mol. The van der Waals surface area contributed by atoms with Crippen LogP contribution < -0.4 is 10.1 Å². The van der Waals surface area contributed by atoms with Gasteiger partial charge in [-0.25, -0.2) is 4.98 Å². The second kappa shape index (κ2) is 13.1. The zero-order chi connectivity index (χ0) is 28.6. The highest BCUT2D eigenvalue weighted by molar-refractivity contribution is 5.91. The molecule has 0 unspecified atom stereocenters. The molecule has 0 aliphatic carbocycles. The Morgan fingerprint density at radius 2 is 1.93 bits per heavy atom. The zero-order valence-electron chi connectivity index (χ0n) is 23.1. The third kappa shape index (κ3) is 6.74. The number of carbonyl (C=O) groups is 2. The summed E-state index contributed by atoms with van der Waals surface area (Å²) in [4.78, 5) is 47.2. The van der Waals surface area contributed by atoms with Crippen LogP contribution in [-0.2, 0) is 16.0 Å². The highest BCUT2D eigenvalue weighted by Gasteiger charge is 2.22. The van der Waals surface area contributed by atoms with Gasteiger partial charge in [0.05, 0.1) is 41.9 Å². The number of fused-ring (bicyclic) bond motifs is 1. The fraction of sp³-hybridized carbons (Fsp3) is 0.367. The van der Waals surface area contributed by atoms with Crippen molar-refractivity contribution in [1.82, 2.24) is 20.3 Å². The molecule has 0 spiro atoms. The maximum absolute atomic E-state index is 13.3. The number of nitro groups is 1. The molecular formula is C30H35N5O5. The van der Waals surface area contributed by atoms with Crippen molar-refractivity contribution in [3.05, 3.63) is 75.9 Å². The van der Waals surface area contributed by atoms with Gasteiger partial charge in [0.2, 0.25) is 5.91 Å². The van der Waals surface area contributed by atoms with Crippen LogP contribution in [-0.4, -0.2) is 38.7 Å². The number of Topliss-reactive ketones (excluding diaryl/α,β-unsaturated/α-hetero) is 1. The normalized spacial score (nSPS) is 11.9. The van der Waals surface area contributed by atoms with Crippen LogP contribution in [0, 0.1) is 17.0 Å². The number of imidazole rings is 1. The molecule has 40 heavy (non-hydrogen) atoms. The maximum Gasteiger partial charge on any atom is 0.278 e. The molecule has 0 fully saturated rings. The standard InChI is InChI=1S/C30H35N5O5/c1-4-20(36)10-6-5-7-12-26(30-31-18-27(34-30)22-11-8-9-13-28(22)35(38)39)33-29(37)17-23-19(2)32-25-15-14-21(40-3)16-24(23)25/h8-9,11,13-16,18,26,32H,4-7,10,12,17H2,1-3H3,(H,31,34)(H,33,37)/t26-/m0/s1. The number of ketones is 1. The van der Waals surface area contributed by atoms with Gasteiger partial charge in [-0.1, -0.05) is 31.9 Å². The first-order chi connectivity index (χ1) is 19.3. The van der Waals surface area contributed by atoms with Crippen molar-refractivity contribution >= 4 is 28.3 Å². The predicted octanol–water partition coefficient (Wildman–Crippen LogP) is 6.11. The molecule has 10 nitrogen and oxygen atoms in total. The van der Waals surface area contributed by atoms with Gasteiger partial charge in [0.15, 0.2) is 0 Å². The summed E-state index contributed by atoms with van der Waals surface area (Å²) in [5.41, 5.74) is 3.64. The van der Waals surface area contributed by atoms with Gasteiger partial charge < -0.3 is 20.0 Å². The highest BCUT2D eigenvalue weighted by atomic mass is 16.6. The van der Waals surface area contributed by atoms with Crippen molar-refractivity contribution in [3.8, 4) is 17.0 Å². The second-order valence-corrected chi connectivity index (χ2v) is 9.88. The predicted molar refractivity (Wildman–Crippen MR) is 153 cm³/mol. The molecule has 1 atom stereocenters. The van der Waals surface area contributed by atoms with Gasteiger partial charge in [0, 0.05) is 35.5 Å². The average Bonchev–Trinajstić information content (AvgIpc) is 3.56. The van der Waals surface area contributed by atoms with Crippen molar-refractivity contribution < 1.29 is 19.2 Å². The minimum atomic E-state index is -0.425. The number of H-pyrrole nitrogens is 2. The third-order valence-corrected chi connectivity index (χ3v) is 7.16. The molecule has 0 saturated heterocycles. The topological polar surface area (TPSA) is 143 Å². The summed E-state index contributed by atoms with van der Waals surface area (Å²) in [7, 11) is 1.61. The lowest BCUT2D eigenvalue weighted by Crippen LogP contribution is -2.30. The molecule has 0 bridgehead atoms. The number of nitro benzene ring substituents is 1. The van der Waals surface area contributed by atoms with Crippen molar-refractivity contribution in [1.29, 1.82) is 0 Å². The number of nitrogens with zero attached hydrogens (tertiary/aromatic N) is 2. The summed E-state index contributed by atoms with van der Waals surface area (Å²) in [5, 5.41) is 15.6. The van der Waals surface area contributed by atoms with Gasteiger partial charge in [-0.3, -0.25) is 19.7 Å². The smallest absolute Gasteiger partial charge is 0.278 e. The number of hydrogen-bond donors (Lipinski definition) is 3. The number of benzene rings is 2. The summed E-state index contributed by atoms with van der Waals surface area (Å²) < 4.78 is 5.37. The molecule has 0 aliphatic heterocycles. The zero-order valence-corrected chi connectivity index (χ0v) is 23.1. The maximum atomic E-state index is 13.3. The molecule has 0 saturated carbocycles. The lowest BCUT2D eigenvalue weighted by atomic mass is 10.0. The van der Waals surface area contributed by atoms with Crippen LogP contribution in [0.1, 0.15) is 68.6 Å². The van der Waals surface area contributed by atoms with E-state index in [9.17, 15) is 19.7 Å². The van der Waals surface area contributed by atoms with Crippen LogP contribution in [0.3, 0.4) is 0 Å². The first-order valence-corrected chi connectivity index (χ1v) is 13.6. The van der Waals surface area contributed by atoms with E-state index >= 15 is 0 Å². The summed E-state index contributed by atoms with van der Waals surface area (Å²) in [5.74, 6) is 1.33. The Kier molecular flexibility index (Phi) is 9.31. The summed E-state index contributed by atoms with van der Waals surface area (Å²) >= 11 is 0. The van der Waals surface area contributed by atoms with E-state index in [0.717, 1.165) is 41.4 Å². The average molecular weight is 546 g/mol. The summed E-state index contributed by atoms with van der Waals surface area (Å²) in [6.07, 6.45) is 5.85. The lowest BCUT2D eigenvalue weighted by Gasteiger charge is -2.17. The van der Waals surface area contributed by atoms with E-state index in [1.807, 2.05) is 32.0 Å². The molecule has 3 N–H and O–H groups in total. The minimum absolute atomic E-state index is 0.0240. The van der Waals surface area contributed by atoms with Crippen molar-refractivity contribution in [3.63, 3.8) is 0 Å². The number of rotatable bonds is 14. The molecule has 10 heteroatoms. The quantitative estimate of drug-likeness (QED) is 0.0990. The Hall–Kier alpha value is -4.47. The summed E-state index contributed by atoms with van der Waals surface area (Å²) in [6.45, 7) is 3.81. The van der Waals surface area contributed by atoms with E-state index in [2.05, 4.69) is 20.3 Å². The Morgan fingerprint density at radius 3 is 2.67 bits per heavy atom. The number of unbranched alkanes of at least 4 members (excludes halogenated alkanes) is 2. The molecule has 2 aromatic carbocycles. The SMILES string of the molecule is CCC(=O)CCCCC[C@H](NC(=O)Cc1c(C)[nH]c2ccc(OC)cc12)c1ncc(-c2ccccc2[N+](=O)[O-])[nH]1. The Labute approximate surface area is 232 Å². The van der Waals surface area contributed by atoms with Gasteiger partial charge in [-0.15, -0.1) is 0 Å². The second-order valence-electron chi connectivity index (χ2n) is 9.88. The number of ether oxygens (including phenoxy) is 1. The van der Waals surface area contributed by atoms with Crippen LogP contribution in [0.25, 0.3) is 22.2 Å². The number of nitrogens with one attached hydrogen (secondary N) is 3. The van der Waals surface area contributed by atoms with E-state index in [-0.39, 0.29) is 23.8 Å². The van der Waals surface area contributed by atoms with Crippen LogP contribution in [0.2, 0.25) is 0 Å². The molecule has 2 heterocycles. The fourth-order valence-corrected chi connectivity index (χ4v) is 4.93. The number of methoxy groups -OCH3 is 1. The monoisotopic (exact) mass is 545 g/mol. The number of aromatic amines is 2. The largest absolute Gasteiger partial charge is 0.497 e. The van der Waals surface area contributed by atoms with Gasteiger partial charge in [-0.05, 0) is 49.6 Å². The molecule has 0 radical (unpaired) electrons. The Morgan fingerprint density at radius 1 is 1.12 bits per heavy atom. The van der Waals surface area contributed by atoms with Crippen LogP contribution >= 0.6 is 0 Å². The van der Waals surface area contributed by atoms with Gasteiger partial charge in [0.1, 0.15) is 17.4 Å². The number of amides is 1. The number of hydrogen-bond acceptors (Lipinski definition) is 6. The van der Waals surface area contributed by atoms with Gasteiger partial charge >= 0.3 is 0 Å². The first kappa shape index (κ1) is 28.5. The van der Waals surface area contributed by atoms with Gasteiger partial charge in [0.25, 0.3) is 5.69 Å². The summed E-state index contributed by atoms with van der Waals surface area (Å²) in [6, 6.07) is 11.8. The lowest BCUT2D eigenvalue weighted by molar-refractivity contribution is -0.384. The molecule has 210 valence electrons. The van der Waals surface area contributed by atoms with Gasteiger partial charge in [-0.2, -0.15) is 0 Å². The van der Waals surface area contributed by atoms with Crippen LogP contribution in [0.5, 0.6) is 5.75 Å². The van der Waals surface area contributed by atoms with E-state index in [1.165, 1.54) is 6.07 Å². The van der Waals surface area contributed by atoms with E-state index < -0.39 is 11.0 Å². The van der Waals surface area contributed by atoms with Crippen LogP contribution in [0.4, 0.5) is 5.69 Å². The third-order valence-electron chi connectivity index (χ3n) is 7.16. The number of aromatic nitrogens is 3. The molecule has 4 aromatic rings. The van der Waals surface area contributed by atoms with Crippen molar-refractivity contribution in [2.24, 2.45) is 0 Å². The molecule has 2 aromatic heterocycles. The molecule has 4 rings (SSSR count). The van der Waals surface area contributed by atoms with E-state index in [4.69, 9.17) is 4.74 Å². The highest BCUT2D eigenvalue weighted by Crippen LogP contribution is 2.30. The molecule has 0 aliphatic rings. The number of para-hydroxylation sites is 1. The van der Waals surface area contributed by atoms with Crippen LogP contribution in [0.15, 0.2) is 48.7 Å². The Bertz CT molecular complexity index is 1510.